The first-order valence-corrected chi connectivity index (χ1v) is 11.1. The normalized spacial score (nSPS) is 18.2. The van der Waals surface area contributed by atoms with Crippen molar-refractivity contribution in [2.75, 3.05) is 29.5 Å². The molecule has 3 heterocycles. The molecule has 1 aromatic heterocycles. The summed E-state index contributed by atoms with van der Waals surface area (Å²) in [6.07, 6.45) is 1.97. The highest BCUT2D eigenvalue weighted by Crippen LogP contribution is 2.30. The molecule has 0 unspecified atom stereocenters. The molecule has 0 bridgehead atoms. The maximum absolute atomic E-state index is 10.2. The molecule has 3 N–H and O–H groups in total. The highest BCUT2D eigenvalue weighted by atomic mass is 16.4. The first-order chi connectivity index (χ1) is 16.1. The third-order valence-electron chi connectivity index (χ3n) is 6.30. The number of nitrogens with zero attached hydrogens (tertiary/aromatic N) is 6. The fourth-order valence-electron chi connectivity index (χ4n) is 4.45. The summed E-state index contributed by atoms with van der Waals surface area (Å²) < 4.78 is 0. The van der Waals surface area contributed by atoms with E-state index in [0.29, 0.717) is 62.2 Å². The van der Waals surface area contributed by atoms with E-state index in [4.69, 9.17) is 20.2 Å². The number of phenols is 1. The standard InChI is InChI=1S/C24H26N6O3/c31-15-20-12-16-4-1-2-5-18(16)14-30(20)24-26-22(17-6-3-7-21(32)13-17)25-23(27-24)29-10-8-19(28-33)9-11-29/h1-7,13,20,31-33H,8-12,14-15H2/t20-/m1/s1. The second-order valence-corrected chi connectivity index (χ2v) is 8.40. The Morgan fingerprint density at radius 2 is 1.70 bits per heavy atom. The van der Waals surface area contributed by atoms with Gasteiger partial charge < -0.3 is 25.2 Å². The molecule has 0 saturated carbocycles. The molecule has 1 fully saturated rings. The molecule has 9 heteroatoms. The number of piperidine rings is 1. The zero-order chi connectivity index (χ0) is 22.8. The molecule has 3 aromatic rings. The number of aliphatic hydroxyl groups excluding tert-OH is 1. The number of rotatable bonds is 4. The third-order valence-corrected chi connectivity index (χ3v) is 6.30. The molecule has 2 aliphatic rings. The van der Waals surface area contributed by atoms with Gasteiger partial charge in [-0.3, -0.25) is 0 Å². The van der Waals surface area contributed by atoms with E-state index in [9.17, 15) is 10.2 Å². The molecule has 170 valence electrons. The molecule has 2 aliphatic heterocycles. The first-order valence-electron chi connectivity index (χ1n) is 11.1. The third kappa shape index (κ3) is 4.31. The number of hydrogen-bond donors (Lipinski definition) is 3. The first kappa shape index (κ1) is 21.1. The van der Waals surface area contributed by atoms with E-state index in [0.717, 1.165) is 5.71 Å². The Kier molecular flexibility index (Phi) is 5.78. The summed E-state index contributed by atoms with van der Waals surface area (Å²) in [6, 6.07) is 14.9. The molecule has 9 nitrogen and oxygen atoms in total. The zero-order valence-corrected chi connectivity index (χ0v) is 18.2. The Hall–Kier alpha value is -3.72. The second kappa shape index (κ2) is 9.03. The number of phenolic OH excluding ortho intramolecular Hbond substituents is 1. The maximum atomic E-state index is 10.2. The van der Waals surface area contributed by atoms with Crippen molar-refractivity contribution >= 4 is 17.6 Å². The highest BCUT2D eigenvalue weighted by molar-refractivity contribution is 5.86. The van der Waals surface area contributed by atoms with E-state index in [2.05, 4.69) is 22.2 Å². The molecular weight excluding hydrogens is 420 g/mol. The van der Waals surface area contributed by atoms with Crippen LogP contribution in [0.3, 0.4) is 0 Å². The minimum Gasteiger partial charge on any atom is -0.508 e. The molecular formula is C24H26N6O3. The van der Waals surface area contributed by atoms with Crippen molar-refractivity contribution in [1.29, 1.82) is 0 Å². The van der Waals surface area contributed by atoms with Crippen LogP contribution < -0.4 is 9.80 Å². The summed E-state index contributed by atoms with van der Waals surface area (Å²) in [6.45, 7) is 1.84. The number of hydrogen-bond acceptors (Lipinski definition) is 9. The summed E-state index contributed by atoms with van der Waals surface area (Å²) in [4.78, 5) is 18.4. The van der Waals surface area contributed by atoms with Crippen LogP contribution in [-0.4, -0.2) is 61.8 Å². The Morgan fingerprint density at radius 3 is 2.42 bits per heavy atom. The van der Waals surface area contributed by atoms with Gasteiger partial charge in [-0.25, -0.2) is 0 Å². The van der Waals surface area contributed by atoms with E-state index >= 15 is 0 Å². The summed E-state index contributed by atoms with van der Waals surface area (Å²) >= 11 is 0. The molecule has 0 amide bonds. The van der Waals surface area contributed by atoms with Gasteiger partial charge in [0, 0.05) is 38.0 Å². The van der Waals surface area contributed by atoms with Gasteiger partial charge >= 0.3 is 0 Å². The lowest BCUT2D eigenvalue weighted by Crippen LogP contribution is -2.44. The van der Waals surface area contributed by atoms with Crippen molar-refractivity contribution in [3.8, 4) is 17.1 Å². The fourth-order valence-corrected chi connectivity index (χ4v) is 4.45. The number of benzene rings is 2. The van der Waals surface area contributed by atoms with E-state index < -0.39 is 0 Å². The molecule has 0 aliphatic carbocycles. The van der Waals surface area contributed by atoms with Gasteiger partial charge in [0.05, 0.1) is 18.4 Å². The summed E-state index contributed by atoms with van der Waals surface area (Å²) in [5.41, 5.74) is 3.86. The number of anilines is 2. The fraction of sp³-hybridized carbons (Fsp3) is 0.333. The van der Waals surface area contributed by atoms with Gasteiger partial charge in [-0.15, -0.1) is 0 Å². The van der Waals surface area contributed by atoms with E-state index in [1.165, 1.54) is 11.1 Å². The van der Waals surface area contributed by atoms with Gasteiger partial charge in [-0.05, 0) is 29.7 Å². The van der Waals surface area contributed by atoms with Crippen molar-refractivity contribution in [3.63, 3.8) is 0 Å². The minimum atomic E-state index is -0.151. The van der Waals surface area contributed by atoms with Crippen molar-refractivity contribution < 1.29 is 15.4 Å². The van der Waals surface area contributed by atoms with E-state index in [1.807, 2.05) is 23.1 Å². The Balaban J connectivity index is 1.57. The van der Waals surface area contributed by atoms with Gasteiger partial charge in [-0.1, -0.05) is 41.6 Å². The Labute approximate surface area is 191 Å². The SMILES string of the molecule is OC[C@H]1Cc2ccccc2CN1c1nc(-c2cccc(O)c2)nc(N2CCC(=NO)CC2)n1. The van der Waals surface area contributed by atoms with Gasteiger partial charge in [0.2, 0.25) is 11.9 Å². The number of aliphatic hydroxyl groups is 1. The maximum Gasteiger partial charge on any atom is 0.231 e. The lowest BCUT2D eigenvalue weighted by molar-refractivity contribution is 0.252. The van der Waals surface area contributed by atoms with Gasteiger partial charge in [-0.2, -0.15) is 15.0 Å². The smallest absolute Gasteiger partial charge is 0.231 e. The number of oxime groups is 1. The predicted octanol–water partition coefficient (Wildman–Crippen LogP) is 2.60. The molecule has 2 aromatic carbocycles. The summed E-state index contributed by atoms with van der Waals surface area (Å²) in [5, 5.41) is 32.6. The molecule has 33 heavy (non-hydrogen) atoms. The Bertz CT molecular complexity index is 1170. The number of aromatic nitrogens is 3. The van der Waals surface area contributed by atoms with Crippen molar-refractivity contribution in [2.45, 2.75) is 31.8 Å². The van der Waals surface area contributed by atoms with Crippen LogP contribution in [0, 0.1) is 0 Å². The van der Waals surface area contributed by atoms with Crippen LogP contribution in [0.15, 0.2) is 53.7 Å². The average Bonchev–Trinajstić information content (AvgIpc) is 2.87. The summed E-state index contributed by atoms with van der Waals surface area (Å²) in [5.74, 6) is 1.63. The van der Waals surface area contributed by atoms with Gasteiger partial charge in [0.15, 0.2) is 5.82 Å². The monoisotopic (exact) mass is 446 g/mol. The van der Waals surface area contributed by atoms with Crippen molar-refractivity contribution in [1.82, 2.24) is 15.0 Å². The lowest BCUT2D eigenvalue weighted by Gasteiger charge is -2.36. The van der Waals surface area contributed by atoms with Gasteiger partial charge in [0.25, 0.3) is 0 Å². The Morgan fingerprint density at radius 1 is 0.939 bits per heavy atom. The quantitative estimate of drug-likeness (QED) is 0.413. The average molecular weight is 447 g/mol. The predicted molar refractivity (Wildman–Crippen MR) is 125 cm³/mol. The van der Waals surface area contributed by atoms with Crippen LogP contribution in [0.25, 0.3) is 11.4 Å². The molecule has 0 radical (unpaired) electrons. The van der Waals surface area contributed by atoms with Crippen molar-refractivity contribution in [2.24, 2.45) is 5.16 Å². The van der Waals surface area contributed by atoms with Crippen molar-refractivity contribution in [3.05, 3.63) is 59.7 Å². The topological polar surface area (TPSA) is 118 Å². The van der Waals surface area contributed by atoms with Crippen LogP contribution in [-0.2, 0) is 13.0 Å². The van der Waals surface area contributed by atoms with Crippen LogP contribution in [0.4, 0.5) is 11.9 Å². The second-order valence-electron chi connectivity index (χ2n) is 8.40. The zero-order valence-electron chi connectivity index (χ0n) is 18.2. The van der Waals surface area contributed by atoms with Crippen LogP contribution >= 0.6 is 0 Å². The van der Waals surface area contributed by atoms with Gasteiger partial charge in [0.1, 0.15) is 5.75 Å². The number of fused-ring (bicyclic) bond motifs is 1. The largest absolute Gasteiger partial charge is 0.508 e. The van der Waals surface area contributed by atoms with Crippen LogP contribution in [0.2, 0.25) is 0 Å². The van der Waals surface area contributed by atoms with E-state index in [-0.39, 0.29) is 18.4 Å². The number of aromatic hydroxyl groups is 1. The molecule has 1 atom stereocenters. The molecule has 5 rings (SSSR count). The van der Waals surface area contributed by atoms with E-state index in [1.54, 1.807) is 18.2 Å². The summed E-state index contributed by atoms with van der Waals surface area (Å²) in [7, 11) is 0. The molecule has 1 saturated heterocycles. The molecule has 0 spiro atoms. The minimum absolute atomic E-state index is 0.0170. The highest BCUT2D eigenvalue weighted by Gasteiger charge is 2.29. The van der Waals surface area contributed by atoms with Crippen LogP contribution in [0.5, 0.6) is 5.75 Å². The lowest BCUT2D eigenvalue weighted by atomic mass is 9.94. The van der Waals surface area contributed by atoms with Crippen LogP contribution in [0.1, 0.15) is 24.0 Å².